The van der Waals surface area contributed by atoms with Crippen LogP contribution < -0.4 is 11.1 Å². The van der Waals surface area contributed by atoms with Gasteiger partial charge in [-0.2, -0.15) is 0 Å². The third-order valence-electron chi connectivity index (χ3n) is 3.40. The first-order valence-electron chi connectivity index (χ1n) is 6.83. The van der Waals surface area contributed by atoms with Crippen molar-refractivity contribution in [2.24, 2.45) is 0 Å². The van der Waals surface area contributed by atoms with Crippen LogP contribution in [-0.4, -0.2) is 5.91 Å². The lowest BCUT2D eigenvalue weighted by atomic mass is 10.0. The summed E-state index contributed by atoms with van der Waals surface area (Å²) in [7, 11) is 0. The highest BCUT2D eigenvalue weighted by Crippen LogP contribution is 2.19. The Morgan fingerprint density at radius 1 is 1.15 bits per heavy atom. The van der Waals surface area contributed by atoms with Crippen molar-refractivity contribution in [1.82, 2.24) is 5.32 Å². The first-order chi connectivity index (χ1) is 9.61. The summed E-state index contributed by atoms with van der Waals surface area (Å²) in [6.45, 7) is 4.10. The monoisotopic (exact) mass is 268 g/mol. The second-order valence-electron chi connectivity index (χ2n) is 4.93. The predicted octanol–water partition coefficient (Wildman–Crippen LogP) is 3.46. The van der Waals surface area contributed by atoms with E-state index in [1.807, 2.05) is 19.1 Å². The summed E-state index contributed by atoms with van der Waals surface area (Å²) in [6, 6.07) is 15.3. The highest BCUT2D eigenvalue weighted by Gasteiger charge is 2.15. The van der Waals surface area contributed by atoms with Crippen LogP contribution in [0.4, 0.5) is 5.69 Å². The average molecular weight is 268 g/mol. The van der Waals surface area contributed by atoms with E-state index in [0.29, 0.717) is 11.3 Å². The molecule has 0 aliphatic rings. The summed E-state index contributed by atoms with van der Waals surface area (Å²) >= 11 is 0. The number of aryl methyl sites for hydroxylation is 1. The van der Waals surface area contributed by atoms with Crippen LogP contribution >= 0.6 is 0 Å². The second-order valence-corrected chi connectivity index (χ2v) is 4.93. The molecule has 104 valence electrons. The topological polar surface area (TPSA) is 55.1 Å². The van der Waals surface area contributed by atoms with Gasteiger partial charge in [0.05, 0.1) is 11.6 Å². The first-order valence-corrected chi connectivity index (χ1v) is 6.83. The first kappa shape index (κ1) is 14.1. The summed E-state index contributed by atoms with van der Waals surface area (Å²) in [5.41, 5.74) is 9.19. The van der Waals surface area contributed by atoms with Crippen molar-refractivity contribution in [1.29, 1.82) is 0 Å². The van der Waals surface area contributed by atoms with E-state index in [4.69, 9.17) is 5.73 Å². The van der Waals surface area contributed by atoms with E-state index in [9.17, 15) is 4.79 Å². The molecule has 2 rings (SSSR count). The molecule has 0 saturated carbocycles. The van der Waals surface area contributed by atoms with E-state index in [-0.39, 0.29) is 11.9 Å². The van der Waals surface area contributed by atoms with Crippen LogP contribution in [0.15, 0.2) is 48.5 Å². The van der Waals surface area contributed by atoms with Crippen LogP contribution in [0.3, 0.4) is 0 Å². The van der Waals surface area contributed by atoms with Gasteiger partial charge in [-0.05, 0) is 31.0 Å². The minimum Gasteiger partial charge on any atom is -0.398 e. The van der Waals surface area contributed by atoms with E-state index in [1.165, 1.54) is 5.56 Å². The number of nitrogen functional groups attached to an aromatic ring is 1. The number of amides is 1. The molecule has 1 unspecified atom stereocenters. The number of nitrogens with two attached hydrogens (primary N) is 1. The summed E-state index contributed by atoms with van der Waals surface area (Å²) in [5.74, 6) is -0.129. The van der Waals surface area contributed by atoms with Gasteiger partial charge in [0.15, 0.2) is 0 Å². The van der Waals surface area contributed by atoms with Gasteiger partial charge in [-0.3, -0.25) is 4.79 Å². The summed E-state index contributed by atoms with van der Waals surface area (Å²) < 4.78 is 0. The van der Waals surface area contributed by atoms with Crippen molar-refractivity contribution < 1.29 is 4.79 Å². The van der Waals surface area contributed by atoms with E-state index >= 15 is 0 Å². The molecule has 1 amide bonds. The molecule has 0 radical (unpaired) electrons. The minimum absolute atomic E-state index is 0.00251. The van der Waals surface area contributed by atoms with Gasteiger partial charge in [0.2, 0.25) is 0 Å². The van der Waals surface area contributed by atoms with Gasteiger partial charge in [0.1, 0.15) is 0 Å². The molecule has 2 aromatic rings. The lowest BCUT2D eigenvalue weighted by Gasteiger charge is -2.18. The number of benzene rings is 2. The van der Waals surface area contributed by atoms with Crippen molar-refractivity contribution in [3.8, 4) is 0 Å². The van der Waals surface area contributed by atoms with E-state index in [2.05, 4.69) is 36.5 Å². The Morgan fingerprint density at radius 2 is 1.80 bits per heavy atom. The van der Waals surface area contributed by atoms with Crippen LogP contribution in [0.1, 0.15) is 40.9 Å². The fourth-order valence-electron chi connectivity index (χ4n) is 2.16. The maximum atomic E-state index is 12.3. The summed E-state index contributed by atoms with van der Waals surface area (Å²) in [5, 5.41) is 3.04. The molecule has 3 heteroatoms. The quantitative estimate of drug-likeness (QED) is 0.834. The molecule has 0 bridgehead atoms. The third kappa shape index (κ3) is 3.18. The van der Waals surface area contributed by atoms with E-state index in [0.717, 1.165) is 12.0 Å². The molecule has 0 heterocycles. The molecule has 1 atom stereocenters. The molecule has 20 heavy (non-hydrogen) atoms. The number of para-hydroxylation sites is 1. The van der Waals surface area contributed by atoms with Gasteiger partial charge in [-0.1, -0.05) is 48.9 Å². The molecule has 0 aliphatic carbocycles. The van der Waals surface area contributed by atoms with Gasteiger partial charge in [-0.15, -0.1) is 0 Å². The second kappa shape index (κ2) is 6.24. The SMILES string of the molecule is CCC(NC(=O)c1ccccc1N)c1ccc(C)cc1. The lowest BCUT2D eigenvalue weighted by Crippen LogP contribution is -2.28. The fourth-order valence-corrected chi connectivity index (χ4v) is 2.16. The Labute approximate surface area is 119 Å². The predicted molar refractivity (Wildman–Crippen MR) is 82.5 cm³/mol. The lowest BCUT2D eigenvalue weighted by molar-refractivity contribution is 0.0936. The Kier molecular flexibility index (Phi) is 4.41. The standard InChI is InChI=1S/C17H20N2O/c1-3-16(13-10-8-12(2)9-11-13)19-17(20)14-6-4-5-7-15(14)18/h4-11,16H,3,18H2,1-2H3,(H,19,20). The molecular weight excluding hydrogens is 248 g/mol. The largest absolute Gasteiger partial charge is 0.398 e. The Hall–Kier alpha value is -2.29. The van der Waals surface area contributed by atoms with Gasteiger partial charge in [0.25, 0.3) is 5.91 Å². The number of hydrogen-bond acceptors (Lipinski definition) is 2. The van der Waals surface area contributed by atoms with Crippen molar-refractivity contribution in [3.63, 3.8) is 0 Å². The van der Waals surface area contributed by atoms with Crippen LogP contribution in [0.5, 0.6) is 0 Å². The molecule has 3 nitrogen and oxygen atoms in total. The van der Waals surface area contributed by atoms with Gasteiger partial charge in [0, 0.05) is 5.69 Å². The zero-order valence-corrected chi connectivity index (χ0v) is 11.9. The number of anilines is 1. The van der Waals surface area contributed by atoms with E-state index in [1.54, 1.807) is 12.1 Å². The molecular formula is C17H20N2O. The Balaban J connectivity index is 2.16. The average Bonchev–Trinajstić information content (AvgIpc) is 2.46. The third-order valence-corrected chi connectivity index (χ3v) is 3.40. The molecule has 0 spiro atoms. The van der Waals surface area contributed by atoms with E-state index < -0.39 is 0 Å². The number of hydrogen-bond donors (Lipinski definition) is 2. The highest BCUT2D eigenvalue weighted by molar-refractivity contribution is 5.99. The van der Waals surface area contributed by atoms with Gasteiger partial charge < -0.3 is 11.1 Å². The fraction of sp³-hybridized carbons (Fsp3) is 0.235. The van der Waals surface area contributed by atoms with Crippen LogP contribution in [0.25, 0.3) is 0 Å². The van der Waals surface area contributed by atoms with Crippen molar-refractivity contribution in [2.75, 3.05) is 5.73 Å². The number of rotatable bonds is 4. The molecule has 0 aliphatic heterocycles. The van der Waals surface area contributed by atoms with Crippen LogP contribution in [-0.2, 0) is 0 Å². The number of carbonyl (C=O) groups is 1. The maximum Gasteiger partial charge on any atom is 0.253 e. The number of nitrogens with one attached hydrogen (secondary N) is 1. The Morgan fingerprint density at radius 3 is 2.40 bits per heavy atom. The molecule has 0 fully saturated rings. The molecule has 3 N–H and O–H groups in total. The highest BCUT2D eigenvalue weighted by atomic mass is 16.1. The van der Waals surface area contributed by atoms with Gasteiger partial charge in [-0.25, -0.2) is 0 Å². The zero-order valence-electron chi connectivity index (χ0n) is 11.9. The normalized spacial score (nSPS) is 11.9. The summed E-state index contributed by atoms with van der Waals surface area (Å²) in [4.78, 5) is 12.3. The smallest absolute Gasteiger partial charge is 0.253 e. The Bertz CT molecular complexity index is 590. The number of carbonyl (C=O) groups excluding carboxylic acids is 1. The maximum absolute atomic E-state index is 12.3. The van der Waals surface area contributed by atoms with Crippen LogP contribution in [0.2, 0.25) is 0 Å². The van der Waals surface area contributed by atoms with Crippen molar-refractivity contribution >= 4 is 11.6 Å². The van der Waals surface area contributed by atoms with Crippen molar-refractivity contribution in [2.45, 2.75) is 26.3 Å². The molecule has 0 aromatic heterocycles. The minimum atomic E-state index is -0.129. The van der Waals surface area contributed by atoms with Crippen LogP contribution in [0, 0.1) is 6.92 Å². The van der Waals surface area contributed by atoms with Crippen molar-refractivity contribution in [3.05, 3.63) is 65.2 Å². The van der Waals surface area contributed by atoms with Gasteiger partial charge >= 0.3 is 0 Å². The summed E-state index contributed by atoms with van der Waals surface area (Å²) in [6.07, 6.45) is 0.835. The molecule has 2 aromatic carbocycles. The molecule has 0 saturated heterocycles. The zero-order chi connectivity index (χ0) is 14.5.